The maximum atomic E-state index is 13.5. The predicted octanol–water partition coefficient (Wildman–Crippen LogP) is 6.53. The Balaban J connectivity index is 1.39. The molecule has 8 heteroatoms. The molecule has 2 aromatic carbocycles. The number of allylic oxidation sites excluding steroid dienone is 4. The third-order valence-corrected chi connectivity index (χ3v) is 8.18. The molecule has 0 radical (unpaired) electrons. The highest BCUT2D eigenvalue weighted by molar-refractivity contribution is 6.26. The van der Waals surface area contributed by atoms with Gasteiger partial charge in [-0.2, -0.15) is 29.3 Å². The lowest BCUT2D eigenvalue weighted by Gasteiger charge is -2.31. The highest BCUT2D eigenvalue weighted by atomic mass is 19.1. The molecule has 194 valence electrons. The number of nitriles is 2. The van der Waals surface area contributed by atoms with Crippen molar-refractivity contribution in [3.05, 3.63) is 125 Å². The quantitative estimate of drug-likeness (QED) is 0.189. The second-order valence-electron chi connectivity index (χ2n) is 10.3. The molecule has 0 bridgehead atoms. The van der Waals surface area contributed by atoms with E-state index in [1.165, 1.54) is 24.5 Å². The molecule has 0 aliphatic heterocycles. The number of halogens is 2. The van der Waals surface area contributed by atoms with Crippen molar-refractivity contribution in [1.29, 1.82) is 10.5 Å². The molecule has 3 aliphatic rings. The van der Waals surface area contributed by atoms with Crippen LogP contribution >= 0.6 is 0 Å². The van der Waals surface area contributed by atoms with Crippen molar-refractivity contribution < 1.29 is 8.78 Å². The van der Waals surface area contributed by atoms with E-state index in [0.29, 0.717) is 11.4 Å². The molecule has 2 heterocycles. The number of aliphatic imine (C=N–C) groups is 2. The Morgan fingerprint density at radius 2 is 1.44 bits per heavy atom. The minimum atomic E-state index is -0.557. The summed E-state index contributed by atoms with van der Waals surface area (Å²) in [7, 11) is 0. The molecule has 0 saturated heterocycles. The van der Waals surface area contributed by atoms with Gasteiger partial charge in [-0.1, -0.05) is 37.3 Å². The molecule has 41 heavy (non-hydrogen) atoms. The fourth-order valence-corrected chi connectivity index (χ4v) is 6.18. The summed E-state index contributed by atoms with van der Waals surface area (Å²) in [6, 6.07) is 15.9. The van der Waals surface area contributed by atoms with Gasteiger partial charge in [-0.15, -0.1) is 0 Å². The second kappa shape index (κ2) is 8.97. The summed E-state index contributed by atoms with van der Waals surface area (Å²) in [5.41, 5.74) is 9.10. The van der Waals surface area contributed by atoms with Crippen LogP contribution in [0.5, 0.6) is 0 Å². The zero-order valence-electron chi connectivity index (χ0n) is 21.6. The zero-order chi connectivity index (χ0) is 28.3. The Hall–Kier alpha value is -5.60. The van der Waals surface area contributed by atoms with E-state index in [4.69, 9.17) is 0 Å². The number of rotatable bonds is 2. The van der Waals surface area contributed by atoms with Gasteiger partial charge in [0.05, 0.1) is 11.4 Å². The molecule has 0 saturated carbocycles. The number of aromatic nitrogens is 2. The maximum absolute atomic E-state index is 13.5. The summed E-state index contributed by atoms with van der Waals surface area (Å²) in [5, 5.41) is 19.2. The van der Waals surface area contributed by atoms with Crippen LogP contribution in [0.1, 0.15) is 34.7 Å². The van der Waals surface area contributed by atoms with Crippen molar-refractivity contribution in [3.8, 4) is 34.6 Å². The molecule has 7 rings (SSSR count). The van der Waals surface area contributed by atoms with E-state index in [9.17, 15) is 19.3 Å². The molecular weight excluding hydrogens is 518 g/mol. The van der Waals surface area contributed by atoms with Gasteiger partial charge in [0, 0.05) is 46.0 Å². The number of benzene rings is 2. The van der Waals surface area contributed by atoms with Crippen molar-refractivity contribution in [3.63, 3.8) is 0 Å². The predicted molar refractivity (Wildman–Crippen MR) is 151 cm³/mol. The van der Waals surface area contributed by atoms with E-state index in [0.717, 1.165) is 55.6 Å². The van der Waals surface area contributed by atoms with Gasteiger partial charge in [-0.25, -0.2) is 9.97 Å². The first-order chi connectivity index (χ1) is 19.9. The minimum Gasteiger partial charge on any atom is -0.228 e. The van der Waals surface area contributed by atoms with Crippen LogP contribution in [0.2, 0.25) is 0 Å². The molecule has 2 atom stereocenters. The van der Waals surface area contributed by atoms with E-state index >= 15 is 0 Å². The average molecular weight is 537 g/mol. The topological polar surface area (TPSA) is 98.1 Å². The van der Waals surface area contributed by atoms with Crippen LogP contribution < -0.4 is 0 Å². The molecule has 4 aromatic rings. The third-order valence-electron chi connectivity index (χ3n) is 8.18. The van der Waals surface area contributed by atoms with Crippen LogP contribution in [0, 0.1) is 40.7 Å². The fraction of sp³-hybridized carbons (Fsp3) is 0.0909. The summed E-state index contributed by atoms with van der Waals surface area (Å²) >= 11 is 0. The van der Waals surface area contributed by atoms with Crippen molar-refractivity contribution in [2.24, 2.45) is 15.9 Å². The normalized spacial score (nSPS) is 21.5. The van der Waals surface area contributed by atoms with Crippen molar-refractivity contribution >= 4 is 17.0 Å². The Kier molecular flexibility index (Phi) is 5.35. The van der Waals surface area contributed by atoms with Gasteiger partial charge in [0.15, 0.2) is 0 Å². The molecule has 2 unspecified atom stereocenters. The Morgan fingerprint density at radius 3 is 2.12 bits per heavy atom. The lowest BCUT2D eigenvalue weighted by atomic mass is 9.71. The van der Waals surface area contributed by atoms with Gasteiger partial charge in [-0.05, 0) is 75.9 Å². The summed E-state index contributed by atoms with van der Waals surface area (Å²) in [6.07, 6.45) is 13.0. The van der Waals surface area contributed by atoms with Gasteiger partial charge in [0.2, 0.25) is 24.3 Å². The number of fused-ring (bicyclic) bond motifs is 6. The van der Waals surface area contributed by atoms with Crippen molar-refractivity contribution in [2.45, 2.75) is 12.3 Å². The largest absolute Gasteiger partial charge is 0.228 e. The number of nitrogens with zero attached hydrogens (tertiary/aromatic N) is 6. The third kappa shape index (κ3) is 3.65. The molecule has 2 aromatic heterocycles. The lowest BCUT2D eigenvalue weighted by molar-refractivity contribution is 0.545. The summed E-state index contributed by atoms with van der Waals surface area (Å²) in [4.78, 5) is 16.1. The Labute approximate surface area is 234 Å². The number of pyridine rings is 2. The average Bonchev–Trinajstić information content (AvgIpc) is 3.41. The van der Waals surface area contributed by atoms with Gasteiger partial charge in [0.25, 0.3) is 0 Å². The van der Waals surface area contributed by atoms with Crippen molar-refractivity contribution in [2.75, 3.05) is 0 Å². The fourth-order valence-electron chi connectivity index (χ4n) is 6.18. The van der Waals surface area contributed by atoms with Gasteiger partial charge in [-0.3, -0.25) is 0 Å². The maximum Gasteiger partial charge on any atom is 0.212 e. The minimum absolute atomic E-state index is 0.242. The van der Waals surface area contributed by atoms with Gasteiger partial charge >= 0.3 is 0 Å². The van der Waals surface area contributed by atoms with Gasteiger partial charge < -0.3 is 0 Å². The molecule has 3 aliphatic carbocycles. The van der Waals surface area contributed by atoms with Crippen LogP contribution in [0.3, 0.4) is 0 Å². The standard InChI is InChI=1S/C33H18F2N6/c1-33-9-8-19(21-4-7-30(35)39-15-21)11-28(33)32(41-17-37)26-12-23-22-5-2-18(20-3-6-29(34)38-14-20)10-24(22)31(40-16-36)25(23)13-27(26)33/h2-15,28H,1H3. The van der Waals surface area contributed by atoms with E-state index < -0.39 is 17.3 Å². The summed E-state index contributed by atoms with van der Waals surface area (Å²) in [5.74, 6) is -1.35. The van der Waals surface area contributed by atoms with Crippen LogP contribution in [0.4, 0.5) is 8.78 Å². The van der Waals surface area contributed by atoms with E-state index in [1.54, 1.807) is 12.1 Å². The molecule has 0 fully saturated rings. The van der Waals surface area contributed by atoms with E-state index in [-0.39, 0.29) is 5.92 Å². The highest BCUT2D eigenvalue weighted by Crippen LogP contribution is 2.52. The van der Waals surface area contributed by atoms with Crippen LogP contribution in [0.15, 0.2) is 95.2 Å². The first kappa shape index (κ1) is 24.4. The summed E-state index contributed by atoms with van der Waals surface area (Å²) in [6.45, 7) is 2.10. The number of hydrogen-bond acceptors (Lipinski definition) is 6. The van der Waals surface area contributed by atoms with E-state index in [2.05, 4.69) is 45.1 Å². The Morgan fingerprint density at radius 1 is 0.756 bits per heavy atom. The number of hydrogen-bond donors (Lipinski definition) is 0. The van der Waals surface area contributed by atoms with Crippen LogP contribution in [0.25, 0.3) is 27.8 Å². The zero-order valence-corrected chi connectivity index (χ0v) is 21.6. The molecule has 6 nitrogen and oxygen atoms in total. The van der Waals surface area contributed by atoms with E-state index in [1.807, 2.05) is 42.7 Å². The molecule has 0 spiro atoms. The van der Waals surface area contributed by atoms with Crippen LogP contribution in [-0.2, 0) is 5.41 Å². The van der Waals surface area contributed by atoms with Gasteiger partial charge in [0.1, 0.15) is 0 Å². The monoisotopic (exact) mass is 536 g/mol. The summed E-state index contributed by atoms with van der Waals surface area (Å²) < 4.78 is 26.9. The lowest BCUT2D eigenvalue weighted by Crippen LogP contribution is -2.29. The molecular formula is C33H18F2N6. The second-order valence-corrected chi connectivity index (χ2v) is 10.3. The molecule has 0 N–H and O–H groups in total. The Bertz CT molecular complexity index is 1990. The first-order valence-electron chi connectivity index (χ1n) is 12.8. The van der Waals surface area contributed by atoms with Crippen molar-refractivity contribution in [1.82, 2.24) is 9.97 Å². The smallest absolute Gasteiger partial charge is 0.212 e. The highest BCUT2D eigenvalue weighted by Gasteiger charge is 2.47. The molecule has 0 amide bonds. The van der Waals surface area contributed by atoms with Crippen LogP contribution in [-0.4, -0.2) is 21.4 Å². The SMILES string of the molecule is CC12C=CC(c3ccc(F)nc3)=CC1C(=NC#N)c1cc3c(cc12)C(=NC#N)c1cc(-c2ccc(F)nc2)ccc1-3. The first-order valence-corrected chi connectivity index (χ1v) is 12.8.